The SMILES string of the molecule is CC(C)(C)C1SCCCSC1C(C)(C)C. The quantitative estimate of drug-likeness (QED) is 0.608. The maximum absolute atomic E-state index is 2.40. The Morgan fingerprint density at radius 3 is 1.33 bits per heavy atom. The molecule has 0 nitrogen and oxygen atoms in total. The zero-order valence-corrected chi connectivity index (χ0v) is 12.7. The van der Waals surface area contributed by atoms with Crippen LogP contribution in [-0.2, 0) is 0 Å². The molecule has 0 saturated carbocycles. The van der Waals surface area contributed by atoms with Crippen molar-refractivity contribution < 1.29 is 0 Å². The van der Waals surface area contributed by atoms with Crippen molar-refractivity contribution in [1.29, 1.82) is 0 Å². The summed E-state index contributed by atoms with van der Waals surface area (Å²) < 4.78 is 0. The standard InChI is InChI=1S/C13H26S2/c1-12(2,3)10-11(13(4,5)6)15-9-7-8-14-10/h10-11H,7-9H2,1-6H3. The van der Waals surface area contributed by atoms with Crippen molar-refractivity contribution >= 4 is 23.5 Å². The zero-order chi connectivity index (χ0) is 11.7. The summed E-state index contributed by atoms with van der Waals surface area (Å²) >= 11 is 4.41. The molecule has 0 aliphatic carbocycles. The Kier molecular flexibility index (Phi) is 4.51. The van der Waals surface area contributed by atoms with Crippen LogP contribution in [0.15, 0.2) is 0 Å². The Labute approximate surface area is 104 Å². The second-order valence-electron chi connectivity index (χ2n) is 6.67. The van der Waals surface area contributed by atoms with E-state index in [9.17, 15) is 0 Å². The zero-order valence-electron chi connectivity index (χ0n) is 11.1. The van der Waals surface area contributed by atoms with Crippen LogP contribution in [0.4, 0.5) is 0 Å². The van der Waals surface area contributed by atoms with E-state index >= 15 is 0 Å². The topological polar surface area (TPSA) is 0 Å². The van der Waals surface area contributed by atoms with Gasteiger partial charge in [-0.25, -0.2) is 0 Å². The van der Waals surface area contributed by atoms with Gasteiger partial charge in [0.2, 0.25) is 0 Å². The smallest absolute Gasteiger partial charge is 0.0220 e. The third-order valence-corrected chi connectivity index (χ3v) is 6.76. The van der Waals surface area contributed by atoms with Crippen molar-refractivity contribution in [3.63, 3.8) is 0 Å². The van der Waals surface area contributed by atoms with Crippen LogP contribution >= 0.6 is 23.5 Å². The second kappa shape index (κ2) is 4.91. The maximum atomic E-state index is 2.40. The number of thioether (sulfide) groups is 2. The van der Waals surface area contributed by atoms with Gasteiger partial charge in [0.05, 0.1) is 0 Å². The Morgan fingerprint density at radius 2 is 1.07 bits per heavy atom. The van der Waals surface area contributed by atoms with Crippen molar-refractivity contribution in [2.75, 3.05) is 11.5 Å². The molecule has 1 heterocycles. The molecule has 2 atom stereocenters. The molecule has 1 fully saturated rings. The molecule has 1 saturated heterocycles. The molecule has 2 heteroatoms. The molecule has 1 aliphatic rings. The van der Waals surface area contributed by atoms with Gasteiger partial charge in [-0.3, -0.25) is 0 Å². The van der Waals surface area contributed by atoms with E-state index in [1.807, 2.05) is 0 Å². The minimum absolute atomic E-state index is 0.431. The first-order chi connectivity index (χ1) is 6.73. The van der Waals surface area contributed by atoms with Gasteiger partial charge >= 0.3 is 0 Å². The molecular weight excluding hydrogens is 220 g/mol. The van der Waals surface area contributed by atoms with E-state index in [-0.39, 0.29) is 0 Å². The van der Waals surface area contributed by atoms with Crippen LogP contribution in [-0.4, -0.2) is 22.0 Å². The monoisotopic (exact) mass is 246 g/mol. The first kappa shape index (κ1) is 13.8. The van der Waals surface area contributed by atoms with E-state index in [4.69, 9.17) is 0 Å². The molecule has 2 unspecified atom stereocenters. The fraction of sp³-hybridized carbons (Fsp3) is 1.00. The van der Waals surface area contributed by atoms with Gasteiger partial charge in [-0.2, -0.15) is 23.5 Å². The van der Waals surface area contributed by atoms with Gasteiger partial charge in [-0.1, -0.05) is 41.5 Å². The summed E-state index contributed by atoms with van der Waals surface area (Å²) in [5.41, 5.74) is 0.861. The molecule has 0 bridgehead atoms. The highest BCUT2D eigenvalue weighted by molar-refractivity contribution is 8.04. The lowest BCUT2D eigenvalue weighted by atomic mass is 9.80. The van der Waals surface area contributed by atoms with Gasteiger partial charge < -0.3 is 0 Å². The fourth-order valence-electron chi connectivity index (χ4n) is 2.06. The maximum Gasteiger partial charge on any atom is 0.0220 e. The Hall–Kier alpha value is 0.700. The molecule has 0 radical (unpaired) electrons. The summed E-state index contributed by atoms with van der Waals surface area (Å²) in [6.45, 7) is 14.4. The minimum Gasteiger partial charge on any atom is -0.157 e. The summed E-state index contributed by atoms with van der Waals surface area (Å²) in [5, 5.41) is 1.59. The first-order valence-electron chi connectivity index (χ1n) is 5.96. The molecule has 1 aliphatic heterocycles. The molecule has 0 N–H and O–H groups in total. The number of hydrogen-bond acceptors (Lipinski definition) is 2. The highest BCUT2D eigenvalue weighted by Crippen LogP contribution is 2.47. The predicted molar refractivity (Wildman–Crippen MR) is 76.0 cm³/mol. The highest BCUT2D eigenvalue weighted by atomic mass is 32.2. The molecule has 1 rings (SSSR count). The van der Waals surface area contributed by atoms with Crippen LogP contribution in [0.5, 0.6) is 0 Å². The van der Waals surface area contributed by atoms with Gasteiger partial charge in [-0.05, 0) is 28.8 Å². The summed E-state index contributed by atoms with van der Waals surface area (Å²) in [6.07, 6.45) is 1.38. The van der Waals surface area contributed by atoms with E-state index in [1.54, 1.807) is 0 Å². The van der Waals surface area contributed by atoms with Crippen molar-refractivity contribution in [3.05, 3.63) is 0 Å². The Balaban J connectivity index is 2.86. The van der Waals surface area contributed by atoms with E-state index in [1.165, 1.54) is 17.9 Å². The van der Waals surface area contributed by atoms with Crippen molar-refractivity contribution in [1.82, 2.24) is 0 Å². The van der Waals surface area contributed by atoms with E-state index in [0.29, 0.717) is 10.8 Å². The van der Waals surface area contributed by atoms with Crippen molar-refractivity contribution in [2.45, 2.75) is 58.5 Å². The van der Waals surface area contributed by atoms with Crippen LogP contribution in [0.3, 0.4) is 0 Å². The van der Waals surface area contributed by atoms with E-state index in [0.717, 1.165) is 10.5 Å². The first-order valence-corrected chi connectivity index (χ1v) is 8.06. The fourth-order valence-corrected chi connectivity index (χ4v) is 6.01. The van der Waals surface area contributed by atoms with E-state index in [2.05, 4.69) is 65.1 Å². The van der Waals surface area contributed by atoms with Crippen LogP contribution in [0.25, 0.3) is 0 Å². The van der Waals surface area contributed by atoms with Gasteiger partial charge in [-0.15, -0.1) is 0 Å². The molecule has 0 aromatic heterocycles. The minimum atomic E-state index is 0.431. The number of rotatable bonds is 0. The largest absolute Gasteiger partial charge is 0.157 e. The second-order valence-corrected chi connectivity index (χ2v) is 9.17. The summed E-state index contributed by atoms with van der Waals surface area (Å²) in [5.74, 6) is 2.70. The lowest BCUT2D eigenvalue weighted by Gasteiger charge is -2.41. The lowest BCUT2D eigenvalue weighted by molar-refractivity contribution is 0.298. The van der Waals surface area contributed by atoms with Crippen molar-refractivity contribution in [3.8, 4) is 0 Å². The Morgan fingerprint density at radius 1 is 0.733 bits per heavy atom. The number of hydrogen-bond donors (Lipinski definition) is 0. The molecule has 0 aromatic carbocycles. The van der Waals surface area contributed by atoms with Crippen LogP contribution in [0, 0.1) is 10.8 Å². The molecule has 90 valence electrons. The van der Waals surface area contributed by atoms with Crippen LogP contribution in [0.2, 0.25) is 0 Å². The third-order valence-electron chi connectivity index (χ3n) is 2.87. The third kappa shape index (κ3) is 3.89. The van der Waals surface area contributed by atoms with Gasteiger partial charge in [0.25, 0.3) is 0 Å². The average Bonchev–Trinajstić information content (AvgIpc) is 2.24. The highest BCUT2D eigenvalue weighted by Gasteiger charge is 2.40. The molecule has 0 amide bonds. The van der Waals surface area contributed by atoms with Gasteiger partial charge in [0.15, 0.2) is 0 Å². The summed E-state index contributed by atoms with van der Waals surface area (Å²) in [4.78, 5) is 0. The Bertz CT molecular complexity index is 176. The normalized spacial score (nSPS) is 30.0. The van der Waals surface area contributed by atoms with Gasteiger partial charge in [0, 0.05) is 10.5 Å². The van der Waals surface area contributed by atoms with Crippen LogP contribution < -0.4 is 0 Å². The molecule has 0 aromatic rings. The molecular formula is C13H26S2. The molecule has 0 spiro atoms. The lowest BCUT2D eigenvalue weighted by Crippen LogP contribution is -2.40. The average molecular weight is 246 g/mol. The van der Waals surface area contributed by atoms with E-state index < -0.39 is 0 Å². The van der Waals surface area contributed by atoms with Crippen LogP contribution in [0.1, 0.15) is 48.0 Å². The van der Waals surface area contributed by atoms with Crippen molar-refractivity contribution in [2.24, 2.45) is 10.8 Å². The summed E-state index contributed by atoms with van der Waals surface area (Å²) in [6, 6.07) is 0. The summed E-state index contributed by atoms with van der Waals surface area (Å²) in [7, 11) is 0. The molecule has 15 heavy (non-hydrogen) atoms. The predicted octanol–water partition coefficient (Wildman–Crippen LogP) is 4.69. The van der Waals surface area contributed by atoms with Gasteiger partial charge in [0.1, 0.15) is 0 Å².